The molecule has 2 heteroatoms. The monoisotopic (exact) mass is 337 g/mol. The molecule has 0 spiro atoms. The van der Waals surface area contributed by atoms with Gasteiger partial charge >= 0.3 is 0 Å². The molecule has 0 fully saturated rings. The van der Waals surface area contributed by atoms with Crippen LogP contribution in [0.2, 0.25) is 5.02 Å². The molecular formula is C22H24ClN. The van der Waals surface area contributed by atoms with E-state index in [1.165, 1.54) is 28.7 Å². The quantitative estimate of drug-likeness (QED) is 0.512. The van der Waals surface area contributed by atoms with Gasteiger partial charge in [-0.1, -0.05) is 43.6 Å². The largest absolute Gasteiger partial charge is 0.256 e. The first kappa shape index (κ1) is 17.0. The first-order chi connectivity index (χ1) is 11.5. The van der Waals surface area contributed by atoms with Crippen molar-refractivity contribution in [2.45, 2.75) is 40.5 Å². The van der Waals surface area contributed by atoms with E-state index in [-0.39, 0.29) is 0 Å². The van der Waals surface area contributed by atoms with Crippen LogP contribution in [0.3, 0.4) is 0 Å². The van der Waals surface area contributed by atoms with E-state index >= 15 is 0 Å². The topological polar surface area (TPSA) is 12.9 Å². The molecule has 0 atom stereocenters. The molecule has 0 saturated carbocycles. The van der Waals surface area contributed by atoms with Gasteiger partial charge in [0.2, 0.25) is 0 Å². The molecule has 0 saturated heterocycles. The fourth-order valence-corrected chi connectivity index (χ4v) is 3.48. The van der Waals surface area contributed by atoms with Crippen molar-refractivity contribution in [1.29, 1.82) is 0 Å². The van der Waals surface area contributed by atoms with E-state index in [2.05, 4.69) is 69.1 Å². The van der Waals surface area contributed by atoms with Crippen molar-refractivity contribution in [2.24, 2.45) is 5.92 Å². The van der Waals surface area contributed by atoms with Gasteiger partial charge in [0.1, 0.15) is 0 Å². The Balaban J connectivity index is 2.06. The van der Waals surface area contributed by atoms with E-state index in [0.29, 0.717) is 5.92 Å². The summed E-state index contributed by atoms with van der Waals surface area (Å²) < 4.78 is 0. The van der Waals surface area contributed by atoms with Gasteiger partial charge in [-0.2, -0.15) is 0 Å². The average molecular weight is 338 g/mol. The van der Waals surface area contributed by atoms with E-state index < -0.39 is 0 Å². The second-order valence-corrected chi connectivity index (χ2v) is 7.47. The Bertz CT molecular complexity index is 860. The van der Waals surface area contributed by atoms with Gasteiger partial charge in [-0.05, 0) is 73.1 Å². The van der Waals surface area contributed by atoms with Crippen molar-refractivity contribution in [1.82, 2.24) is 4.98 Å². The summed E-state index contributed by atoms with van der Waals surface area (Å²) in [5.74, 6) is 0.704. The van der Waals surface area contributed by atoms with Crippen molar-refractivity contribution in [3.63, 3.8) is 0 Å². The van der Waals surface area contributed by atoms with Crippen LogP contribution in [0.4, 0.5) is 0 Å². The smallest absolute Gasteiger partial charge is 0.0709 e. The number of aromatic nitrogens is 1. The normalized spacial score (nSPS) is 11.4. The number of benzene rings is 2. The lowest BCUT2D eigenvalue weighted by Gasteiger charge is -2.13. The maximum absolute atomic E-state index is 6.63. The minimum absolute atomic E-state index is 0.704. The third-order valence-electron chi connectivity index (χ3n) is 4.59. The minimum Gasteiger partial charge on any atom is -0.256 e. The Morgan fingerprint density at radius 3 is 2.42 bits per heavy atom. The fraction of sp³-hybridized carbons (Fsp3) is 0.318. The van der Waals surface area contributed by atoms with Gasteiger partial charge in [-0.25, -0.2) is 0 Å². The predicted octanol–water partition coefficient (Wildman–Crippen LogP) is 6.76. The van der Waals surface area contributed by atoms with Crippen LogP contribution < -0.4 is 0 Å². The van der Waals surface area contributed by atoms with Crippen molar-refractivity contribution in [3.05, 3.63) is 64.3 Å². The molecule has 3 aromatic rings. The van der Waals surface area contributed by atoms with Crippen LogP contribution in [-0.4, -0.2) is 4.98 Å². The van der Waals surface area contributed by atoms with E-state index in [1.54, 1.807) is 0 Å². The van der Waals surface area contributed by atoms with Crippen LogP contribution in [0.1, 0.15) is 37.0 Å². The average Bonchev–Trinajstić information content (AvgIpc) is 2.53. The first-order valence-corrected chi connectivity index (χ1v) is 8.98. The molecule has 1 heterocycles. The summed E-state index contributed by atoms with van der Waals surface area (Å²) in [6.07, 6.45) is 4.26. The van der Waals surface area contributed by atoms with E-state index in [4.69, 9.17) is 11.6 Å². The van der Waals surface area contributed by atoms with Crippen molar-refractivity contribution in [2.75, 3.05) is 0 Å². The van der Waals surface area contributed by atoms with Crippen molar-refractivity contribution >= 4 is 22.5 Å². The third kappa shape index (κ3) is 3.47. The van der Waals surface area contributed by atoms with Gasteiger partial charge in [0.05, 0.1) is 5.52 Å². The highest BCUT2D eigenvalue weighted by atomic mass is 35.5. The number of pyridine rings is 1. The summed E-state index contributed by atoms with van der Waals surface area (Å²) in [7, 11) is 0. The lowest BCUT2D eigenvalue weighted by Crippen LogP contribution is -1.94. The summed E-state index contributed by atoms with van der Waals surface area (Å²) in [5.41, 5.74) is 7.06. The van der Waals surface area contributed by atoms with E-state index in [0.717, 1.165) is 27.9 Å². The maximum atomic E-state index is 6.63. The molecule has 0 radical (unpaired) electrons. The summed E-state index contributed by atoms with van der Waals surface area (Å²) in [4.78, 5) is 4.69. The SMILES string of the molecule is Cc1cccc(C)c1-c1cc2ncc(CCC(C)C)cc2cc1Cl. The molecule has 3 rings (SSSR count). The molecule has 0 bridgehead atoms. The zero-order chi connectivity index (χ0) is 17.3. The van der Waals surface area contributed by atoms with E-state index in [1.807, 2.05) is 6.20 Å². The minimum atomic E-state index is 0.704. The van der Waals surface area contributed by atoms with Gasteiger partial charge in [0, 0.05) is 22.2 Å². The molecule has 124 valence electrons. The Morgan fingerprint density at radius 2 is 1.75 bits per heavy atom. The summed E-state index contributed by atoms with van der Waals surface area (Å²) in [6, 6.07) is 12.8. The van der Waals surface area contributed by atoms with Crippen molar-refractivity contribution < 1.29 is 0 Å². The molecular weight excluding hydrogens is 314 g/mol. The first-order valence-electron chi connectivity index (χ1n) is 8.60. The number of rotatable bonds is 4. The highest BCUT2D eigenvalue weighted by Crippen LogP contribution is 2.35. The van der Waals surface area contributed by atoms with Crippen LogP contribution in [0.5, 0.6) is 0 Å². The zero-order valence-corrected chi connectivity index (χ0v) is 15.6. The second-order valence-electron chi connectivity index (χ2n) is 7.07. The van der Waals surface area contributed by atoms with Gasteiger partial charge in [-0.15, -0.1) is 0 Å². The number of halogens is 1. The Hall–Kier alpha value is -1.86. The molecule has 1 aromatic heterocycles. The lowest BCUT2D eigenvalue weighted by atomic mass is 9.94. The third-order valence-corrected chi connectivity index (χ3v) is 4.90. The Kier molecular flexibility index (Phi) is 4.91. The van der Waals surface area contributed by atoms with Crippen LogP contribution in [-0.2, 0) is 6.42 Å². The standard InChI is InChI=1S/C22H24ClN/c1-14(2)8-9-17-10-18-11-20(23)19(12-21(18)24-13-17)22-15(3)6-5-7-16(22)4/h5-7,10-14H,8-9H2,1-4H3. The lowest BCUT2D eigenvalue weighted by molar-refractivity contribution is 0.586. The summed E-state index contributed by atoms with van der Waals surface area (Å²) in [6.45, 7) is 8.76. The van der Waals surface area contributed by atoms with Gasteiger partial charge in [-0.3, -0.25) is 4.98 Å². The zero-order valence-electron chi connectivity index (χ0n) is 14.9. The molecule has 0 aliphatic carbocycles. The fourth-order valence-electron chi connectivity index (χ4n) is 3.22. The van der Waals surface area contributed by atoms with Crippen LogP contribution >= 0.6 is 11.6 Å². The highest BCUT2D eigenvalue weighted by Gasteiger charge is 2.11. The number of fused-ring (bicyclic) bond motifs is 1. The van der Waals surface area contributed by atoms with Crippen LogP contribution in [0.25, 0.3) is 22.0 Å². The molecule has 0 aliphatic heterocycles. The second kappa shape index (κ2) is 6.94. The van der Waals surface area contributed by atoms with Gasteiger partial charge in [0.25, 0.3) is 0 Å². The molecule has 0 amide bonds. The van der Waals surface area contributed by atoms with Crippen LogP contribution in [0, 0.1) is 19.8 Å². The molecule has 0 N–H and O–H groups in total. The number of hydrogen-bond acceptors (Lipinski definition) is 1. The number of hydrogen-bond donors (Lipinski definition) is 0. The summed E-state index contributed by atoms with van der Waals surface area (Å²) >= 11 is 6.63. The maximum Gasteiger partial charge on any atom is 0.0709 e. The Morgan fingerprint density at radius 1 is 1.04 bits per heavy atom. The molecule has 24 heavy (non-hydrogen) atoms. The van der Waals surface area contributed by atoms with Crippen molar-refractivity contribution in [3.8, 4) is 11.1 Å². The van der Waals surface area contributed by atoms with Gasteiger partial charge in [0.15, 0.2) is 0 Å². The number of aryl methyl sites for hydroxylation is 3. The highest BCUT2D eigenvalue weighted by molar-refractivity contribution is 6.34. The molecule has 1 nitrogen and oxygen atoms in total. The summed E-state index contributed by atoms with van der Waals surface area (Å²) in [5, 5.41) is 1.92. The number of nitrogens with zero attached hydrogens (tertiary/aromatic N) is 1. The Labute approximate surface area is 149 Å². The van der Waals surface area contributed by atoms with Crippen LogP contribution in [0.15, 0.2) is 42.6 Å². The molecule has 2 aromatic carbocycles. The molecule has 0 aliphatic rings. The molecule has 0 unspecified atom stereocenters. The predicted molar refractivity (Wildman–Crippen MR) is 105 cm³/mol. The van der Waals surface area contributed by atoms with Gasteiger partial charge < -0.3 is 0 Å². The van der Waals surface area contributed by atoms with E-state index in [9.17, 15) is 0 Å².